The topological polar surface area (TPSA) is 30.5 Å². The van der Waals surface area contributed by atoms with Crippen LogP contribution in [0.3, 0.4) is 0 Å². The second-order valence-corrected chi connectivity index (χ2v) is 5.03. The average Bonchev–Trinajstić information content (AvgIpc) is 2.38. The van der Waals surface area contributed by atoms with Gasteiger partial charge in [0.15, 0.2) is 0 Å². The van der Waals surface area contributed by atoms with Crippen molar-refractivity contribution >= 4 is 0 Å². The molecule has 16 heavy (non-hydrogen) atoms. The van der Waals surface area contributed by atoms with Gasteiger partial charge in [0.1, 0.15) is 0 Å². The Kier molecular flexibility index (Phi) is 5.07. The van der Waals surface area contributed by atoms with Gasteiger partial charge in [-0.15, -0.1) is 0 Å². The van der Waals surface area contributed by atoms with Crippen molar-refractivity contribution in [3.05, 3.63) is 0 Å². The molecule has 2 rings (SSSR count). The highest BCUT2D eigenvalue weighted by molar-refractivity contribution is 4.82. The zero-order valence-corrected chi connectivity index (χ0v) is 10.4. The van der Waals surface area contributed by atoms with Crippen molar-refractivity contribution in [2.45, 2.75) is 51.2 Å². The fraction of sp³-hybridized carbons (Fsp3) is 1.00. The van der Waals surface area contributed by atoms with Crippen molar-refractivity contribution in [1.29, 1.82) is 0 Å². The molecule has 0 amide bonds. The van der Waals surface area contributed by atoms with E-state index in [4.69, 9.17) is 9.47 Å². The molecule has 1 N–H and O–H groups in total. The Morgan fingerprint density at radius 2 is 1.94 bits per heavy atom. The van der Waals surface area contributed by atoms with E-state index < -0.39 is 0 Å². The minimum absolute atomic E-state index is 0.479. The summed E-state index contributed by atoms with van der Waals surface area (Å²) >= 11 is 0. The highest BCUT2D eigenvalue weighted by Crippen LogP contribution is 2.27. The molecule has 2 aliphatic rings. The lowest BCUT2D eigenvalue weighted by Gasteiger charge is -2.36. The van der Waals surface area contributed by atoms with Crippen molar-refractivity contribution in [2.24, 2.45) is 5.92 Å². The molecule has 94 valence electrons. The van der Waals surface area contributed by atoms with Crippen molar-refractivity contribution < 1.29 is 9.47 Å². The van der Waals surface area contributed by atoms with Gasteiger partial charge in [0, 0.05) is 25.9 Å². The van der Waals surface area contributed by atoms with E-state index in [0.29, 0.717) is 12.1 Å². The summed E-state index contributed by atoms with van der Waals surface area (Å²) in [6.45, 7) is 6.16. The predicted molar refractivity (Wildman–Crippen MR) is 64.6 cm³/mol. The summed E-state index contributed by atoms with van der Waals surface area (Å²) in [6.07, 6.45) is 6.45. The first-order chi connectivity index (χ1) is 7.90. The maximum atomic E-state index is 5.93. The van der Waals surface area contributed by atoms with Gasteiger partial charge in [-0.2, -0.15) is 0 Å². The molecule has 2 fully saturated rings. The lowest BCUT2D eigenvalue weighted by Crippen LogP contribution is -2.43. The molecule has 0 saturated carbocycles. The quantitative estimate of drug-likeness (QED) is 0.796. The Hall–Kier alpha value is -0.120. The molecule has 0 radical (unpaired) electrons. The maximum Gasteiger partial charge on any atom is 0.0619 e. The third-order valence-electron chi connectivity index (χ3n) is 3.79. The summed E-state index contributed by atoms with van der Waals surface area (Å²) in [6, 6.07) is 0.682. The maximum absolute atomic E-state index is 5.93. The molecule has 2 saturated heterocycles. The van der Waals surface area contributed by atoms with Crippen molar-refractivity contribution in [1.82, 2.24) is 5.32 Å². The third kappa shape index (κ3) is 3.44. The minimum Gasteiger partial charge on any atom is -0.381 e. The first-order valence-electron chi connectivity index (χ1n) is 6.83. The lowest BCUT2D eigenvalue weighted by molar-refractivity contribution is -0.0637. The molecule has 3 nitrogen and oxygen atoms in total. The van der Waals surface area contributed by atoms with Gasteiger partial charge in [-0.25, -0.2) is 0 Å². The predicted octanol–water partition coefficient (Wildman–Crippen LogP) is 1.96. The Labute approximate surface area is 98.9 Å². The second-order valence-electron chi connectivity index (χ2n) is 5.03. The number of rotatable bonds is 4. The van der Waals surface area contributed by atoms with E-state index in [9.17, 15) is 0 Å². The van der Waals surface area contributed by atoms with E-state index in [2.05, 4.69) is 12.2 Å². The average molecular weight is 227 g/mol. The van der Waals surface area contributed by atoms with Gasteiger partial charge < -0.3 is 14.8 Å². The van der Waals surface area contributed by atoms with Gasteiger partial charge in [-0.3, -0.25) is 0 Å². The number of nitrogens with one attached hydrogen (secondary N) is 1. The van der Waals surface area contributed by atoms with Crippen molar-refractivity contribution in [3.63, 3.8) is 0 Å². The van der Waals surface area contributed by atoms with Gasteiger partial charge in [-0.1, -0.05) is 6.92 Å². The smallest absolute Gasteiger partial charge is 0.0619 e. The van der Waals surface area contributed by atoms with Gasteiger partial charge in [0.25, 0.3) is 0 Å². The molecule has 2 atom stereocenters. The van der Waals surface area contributed by atoms with E-state index in [-0.39, 0.29) is 0 Å². The van der Waals surface area contributed by atoms with Crippen LogP contribution in [0.25, 0.3) is 0 Å². The highest BCUT2D eigenvalue weighted by Gasteiger charge is 2.30. The van der Waals surface area contributed by atoms with Gasteiger partial charge in [-0.05, 0) is 44.6 Å². The van der Waals surface area contributed by atoms with E-state index in [1.54, 1.807) is 0 Å². The molecule has 0 bridgehead atoms. The fourth-order valence-electron chi connectivity index (χ4n) is 2.78. The molecule has 0 aromatic heterocycles. The van der Waals surface area contributed by atoms with Gasteiger partial charge in [0.05, 0.1) is 6.10 Å². The summed E-state index contributed by atoms with van der Waals surface area (Å²) in [7, 11) is 0. The summed E-state index contributed by atoms with van der Waals surface area (Å²) < 4.78 is 11.3. The first-order valence-corrected chi connectivity index (χ1v) is 6.83. The molecule has 0 aliphatic carbocycles. The van der Waals surface area contributed by atoms with Crippen LogP contribution in [0.1, 0.15) is 39.0 Å². The summed E-state index contributed by atoms with van der Waals surface area (Å²) in [5.74, 6) is 0.736. The van der Waals surface area contributed by atoms with E-state index in [1.165, 1.54) is 32.1 Å². The molecule has 2 aliphatic heterocycles. The molecule has 0 spiro atoms. The summed E-state index contributed by atoms with van der Waals surface area (Å²) in [5.41, 5.74) is 0. The highest BCUT2D eigenvalue weighted by atomic mass is 16.5. The monoisotopic (exact) mass is 227 g/mol. The summed E-state index contributed by atoms with van der Waals surface area (Å²) in [5, 5.41) is 3.63. The van der Waals surface area contributed by atoms with Crippen LogP contribution >= 0.6 is 0 Å². The van der Waals surface area contributed by atoms with Crippen molar-refractivity contribution in [2.75, 3.05) is 26.4 Å². The summed E-state index contributed by atoms with van der Waals surface area (Å²) in [4.78, 5) is 0. The molecular weight excluding hydrogens is 202 g/mol. The largest absolute Gasteiger partial charge is 0.381 e. The number of ether oxygens (including phenoxy) is 2. The van der Waals surface area contributed by atoms with Crippen LogP contribution in [-0.4, -0.2) is 38.5 Å². The number of hydrogen-bond donors (Lipinski definition) is 1. The standard InChI is InChI=1S/C13H25NO2/c1-2-6-14-12-5-9-16-13(10-12)11-3-7-15-8-4-11/h11-14H,2-10H2,1H3. The molecule has 0 aromatic carbocycles. The van der Waals surface area contributed by atoms with E-state index in [0.717, 1.165) is 32.3 Å². The van der Waals surface area contributed by atoms with Crippen LogP contribution in [0.15, 0.2) is 0 Å². The second kappa shape index (κ2) is 6.58. The first kappa shape index (κ1) is 12.3. The van der Waals surface area contributed by atoms with Gasteiger partial charge >= 0.3 is 0 Å². The van der Waals surface area contributed by atoms with Crippen LogP contribution in [0, 0.1) is 5.92 Å². The fourth-order valence-corrected chi connectivity index (χ4v) is 2.78. The molecule has 2 unspecified atom stereocenters. The Morgan fingerprint density at radius 1 is 1.12 bits per heavy atom. The third-order valence-corrected chi connectivity index (χ3v) is 3.79. The van der Waals surface area contributed by atoms with Crippen LogP contribution in [-0.2, 0) is 9.47 Å². The Balaban J connectivity index is 1.76. The normalized spacial score (nSPS) is 32.8. The van der Waals surface area contributed by atoms with Crippen LogP contribution in [0.5, 0.6) is 0 Å². The zero-order valence-electron chi connectivity index (χ0n) is 10.4. The SMILES string of the molecule is CCCNC1CCOC(C2CCOCC2)C1. The van der Waals surface area contributed by atoms with Crippen LogP contribution < -0.4 is 5.32 Å². The molecule has 3 heteroatoms. The van der Waals surface area contributed by atoms with E-state index in [1.807, 2.05) is 0 Å². The lowest BCUT2D eigenvalue weighted by atomic mass is 9.87. The molecule has 2 heterocycles. The van der Waals surface area contributed by atoms with E-state index >= 15 is 0 Å². The van der Waals surface area contributed by atoms with Crippen LogP contribution in [0.2, 0.25) is 0 Å². The Bertz CT molecular complexity index is 192. The number of hydrogen-bond acceptors (Lipinski definition) is 3. The van der Waals surface area contributed by atoms with Gasteiger partial charge in [0.2, 0.25) is 0 Å². The molecular formula is C13H25NO2. The van der Waals surface area contributed by atoms with Crippen molar-refractivity contribution in [3.8, 4) is 0 Å². The molecule has 0 aromatic rings. The Morgan fingerprint density at radius 3 is 2.69 bits per heavy atom. The minimum atomic E-state index is 0.479. The zero-order chi connectivity index (χ0) is 11.2. The van der Waals surface area contributed by atoms with Crippen LogP contribution in [0.4, 0.5) is 0 Å².